The van der Waals surface area contributed by atoms with Gasteiger partial charge in [-0.2, -0.15) is 0 Å². The maximum absolute atomic E-state index is 13.6. The lowest BCUT2D eigenvalue weighted by Gasteiger charge is -2.37. The van der Waals surface area contributed by atoms with Crippen molar-refractivity contribution >= 4 is 5.69 Å². The average Bonchev–Trinajstić information content (AvgIpc) is 2.53. The van der Waals surface area contributed by atoms with Crippen LogP contribution in [0.5, 0.6) is 0 Å². The molecule has 0 amide bonds. The van der Waals surface area contributed by atoms with Crippen LogP contribution in [0.4, 0.5) is 10.1 Å². The summed E-state index contributed by atoms with van der Waals surface area (Å²) in [7, 11) is 0. The molecule has 1 aromatic heterocycles. The van der Waals surface area contributed by atoms with E-state index in [1.807, 2.05) is 0 Å². The van der Waals surface area contributed by atoms with Crippen LogP contribution >= 0.6 is 0 Å². The minimum Gasteiger partial charge on any atom is -0.368 e. The second kappa shape index (κ2) is 3.70. The number of halogens is 1. The number of hydrogen-bond acceptors (Lipinski definition) is 3. The normalized spacial score (nSPS) is 33.1. The molecule has 3 atom stereocenters. The molecule has 3 nitrogen and oxygen atoms in total. The van der Waals surface area contributed by atoms with Gasteiger partial charge in [0, 0.05) is 25.3 Å². The summed E-state index contributed by atoms with van der Waals surface area (Å²) >= 11 is 0. The fourth-order valence-corrected chi connectivity index (χ4v) is 3.09. The largest absolute Gasteiger partial charge is 0.368 e. The van der Waals surface area contributed by atoms with Crippen molar-refractivity contribution < 1.29 is 4.39 Å². The van der Waals surface area contributed by atoms with Gasteiger partial charge in [-0.15, -0.1) is 0 Å². The lowest BCUT2D eigenvalue weighted by atomic mass is 9.93. The molecule has 16 heavy (non-hydrogen) atoms. The van der Waals surface area contributed by atoms with Crippen molar-refractivity contribution in [2.24, 2.45) is 17.6 Å². The van der Waals surface area contributed by atoms with Gasteiger partial charge in [-0.3, -0.25) is 4.98 Å². The quantitative estimate of drug-likeness (QED) is 0.779. The molecule has 0 unspecified atom stereocenters. The van der Waals surface area contributed by atoms with Crippen LogP contribution in [0.1, 0.15) is 12.8 Å². The Balaban J connectivity index is 1.86. The van der Waals surface area contributed by atoms with E-state index < -0.39 is 0 Å². The Bertz CT molecular complexity index is 382. The zero-order valence-electron chi connectivity index (χ0n) is 9.14. The van der Waals surface area contributed by atoms with Gasteiger partial charge >= 0.3 is 0 Å². The van der Waals surface area contributed by atoms with E-state index >= 15 is 0 Å². The molecule has 1 saturated carbocycles. The monoisotopic (exact) mass is 221 g/mol. The minimum atomic E-state index is -0.225. The molecule has 86 valence electrons. The predicted octanol–water partition coefficient (Wildman–Crippen LogP) is 1.39. The number of anilines is 1. The van der Waals surface area contributed by atoms with Crippen LogP contribution in [-0.4, -0.2) is 24.1 Å². The van der Waals surface area contributed by atoms with Gasteiger partial charge in [0.25, 0.3) is 0 Å². The van der Waals surface area contributed by atoms with Crippen LogP contribution in [-0.2, 0) is 0 Å². The first-order valence-electron chi connectivity index (χ1n) is 5.86. The van der Waals surface area contributed by atoms with Crippen molar-refractivity contribution in [3.8, 4) is 0 Å². The summed E-state index contributed by atoms with van der Waals surface area (Å²) in [6.07, 6.45) is 5.31. The molecule has 3 rings (SSSR count). The van der Waals surface area contributed by atoms with Crippen LogP contribution < -0.4 is 10.6 Å². The van der Waals surface area contributed by atoms with Crippen molar-refractivity contribution in [1.29, 1.82) is 0 Å². The molecular weight excluding hydrogens is 205 g/mol. The summed E-state index contributed by atoms with van der Waals surface area (Å²) in [6.45, 7) is 1.78. The maximum atomic E-state index is 13.6. The number of nitrogens with two attached hydrogens (primary N) is 1. The molecule has 1 aliphatic heterocycles. The summed E-state index contributed by atoms with van der Waals surface area (Å²) in [5.41, 5.74) is 6.81. The molecule has 2 heterocycles. The van der Waals surface area contributed by atoms with E-state index in [0.29, 0.717) is 23.6 Å². The van der Waals surface area contributed by atoms with Gasteiger partial charge in [-0.1, -0.05) is 0 Å². The van der Waals surface area contributed by atoms with Gasteiger partial charge < -0.3 is 10.6 Å². The average molecular weight is 221 g/mol. The number of rotatable bonds is 1. The van der Waals surface area contributed by atoms with E-state index in [0.717, 1.165) is 13.1 Å². The first-order valence-corrected chi connectivity index (χ1v) is 5.86. The summed E-state index contributed by atoms with van der Waals surface area (Å²) in [4.78, 5) is 5.91. The summed E-state index contributed by atoms with van der Waals surface area (Å²) in [6, 6.07) is 2.08. The van der Waals surface area contributed by atoms with Crippen LogP contribution in [0.25, 0.3) is 0 Å². The van der Waals surface area contributed by atoms with Gasteiger partial charge in [0.05, 0.1) is 11.9 Å². The van der Waals surface area contributed by atoms with E-state index in [9.17, 15) is 4.39 Å². The van der Waals surface area contributed by atoms with Gasteiger partial charge in [0.1, 0.15) is 0 Å². The Morgan fingerprint density at radius 1 is 1.31 bits per heavy atom. The molecule has 0 aromatic carbocycles. The smallest absolute Gasteiger partial charge is 0.164 e. The molecule has 1 aliphatic carbocycles. The Kier molecular flexibility index (Phi) is 2.32. The highest BCUT2D eigenvalue weighted by molar-refractivity contribution is 5.47. The Labute approximate surface area is 94.5 Å². The number of nitrogens with zero attached hydrogens (tertiary/aromatic N) is 2. The van der Waals surface area contributed by atoms with E-state index in [2.05, 4.69) is 9.88 Å². The molecule has 2 fully saturated rings. The molecule has 2 aliphatic rings. The third kappa shape index (κ3) is 1.48. The highest BCUT2D eigenvalue weighted by Crippen LogP contribution is 2.37. The van der Waals surface area contributed by atoms with Crippen molar-refractivity contribution in [3.63, 3.8) is 0 Å². The second-order valence-corrected chi connectivity index (χ2v) is 4.91. The zero-order valence-corrected chi connectivity index (χ0v) is 9.14. The fraction of sp³-hybridized carbons (Fsp3) is 0.583. The van der Waals surface area contributed by atoms with Crippen molar-refractivity contribution in [2.45, 2.75) is 18.9 Å². The summed E-state index contributed by atoms with van der Waals surface area (Å²) in [5.74, 6) is 0.843. The van der Waals surface area contributed by atoms with E-state index in [4.69, 9.17) is 5.73 Å². The Hall–Kier alpha value is -1.16. The highest BCUT2D eigenvalue weighted by Gasteiger charge is 2.40. The van der Waals surface area contributed by atoms with Gasteiger partial charge in [-0.25, -0.2) is 4.39 Å². The van der Waals surface area contributed by atoms with E-state index in [-0.39, 0.29) is 5.82 Å². The molecule has 1 saturated heterocycles. The van der Waals surface area contributed by atoms with Crippen molar-refractivity contribution in [2.75, 3.05) is 18.0 Å². The molecule has 2 bridgehead atoms. The SMILES string of the molecule is N[C@@H]1[C@@H]2CC[C@H]1CN(c1ccncc1F)C2. The van der Waals surface area contributed by atoms with Gasteiger partial charge in [-0.05, 0) is 30.7 Å². The van der Waals surface area contributed by atoms with Crippen LogP contribution in [0.3, 0.4) is 0 Å². The molecule has 0 radical (unpaired) electrons. The molecule has 2 N–H and O–H groups in total. The van der Waals surface area contributed by atoms with Crippen LogP contribution in [0.15, 0.2) is 18.5 Å². The predicted molar refractivity (Wildman–Crippen MR) is 60.6 cm³/mol. The molecule has 1 aromatic rings. The Morgan fingerprint density at radius 2 is 2.00 bits per heavy atom. The topological polar surface area (TPSA) is 42.1 Å². The maximum Gasteiger partial charge on any atom is 0.164 e. The number of pyridine rings is 1. The molecule has 0 spiro atoms. The van der Waals surface area contributed by atoms with Crippen LogP contribution in [0.2, 0.25) is 0 Å². The molecule has 4 heteroatoms. The minimum absolute atomic E-state index is 0.225. The third-order valence-corrected chi connectivity index (χ3v) is 4.00. The van der Waals surface area contributed by atoms with E-state index in [1.165, 1.54) is 19.0 Å². The lowest BCUT2D eigenvalue weighted by molar-refractivity contribution is 0.354. The summed E-state index contributed by atoms with van der Waals surface area (Å²) < 4.78 is 13.6. The van der Waals surface area contributed by atoms with E-state index in [1.54, 1.807) is 12.3 Å². The lowest BCUT2D eigenvalue weighted by Crippen LogP contribution is -2.49. The zero-order chi connectivity index (χ0) is 11.1. The standard InChI is InChI=1S/C12H16FN3/c13-10-5-15-4-3-11(10)16-6-8-1-2-9(7-16)12(8)14/h3-5,8-9,12H,1-2,6-7,14H2/t8-,9+,12-. The number of aromatic nitrogens is 1. The fourth-order valence-electron chi connectivity index (χ4n) is 3.09. The second-order valence-electron chi connectivity index (χ2n) is 4.91. The molecular formula is C12H16FN3. The van der Waals surface area contributed by atoms with Crippen LogP contribution in [0, 0.1) is 17.7 Å². The van der Waals surface area contributed by atoms with Gasteiger partial charge in [0.2, 0.25) is 0 Å². The number of fused-ring (bicyclic) bond motifs is 2. The van der Waals surface area contributed by atoms with Crippen molar-refractivity contribution in [1.82, 2.24) is 4.98 Å². The number of piperidine rings is 1. The first kappa shape index (κ1) is 10.0. The third-order valence-electron chi connectivity index (χ3n) is 4.00. The van der Waals surface area contributed by atoms with Crippen molar-refractivity contribution in [3.05, 3.63) is 24.3 Å². The first-order chi connectivity index (χ1) is 7.75. The Morgan fingerprint density at radius 3 is 2.62 bits per heavy atom. The highest BCUT2D eigenvalue weighted by atomic mass is 19.1. The summed E-state index contributed by atoms with van der Waals surface area (Å²) in [5, 5.41) is 0. The van der Waals surface area contributed by atoms with Gasteiger partial charge in [0.15, 0.2) is 5.82 Å². The number of hydrogen-bond donors (Lipinski definition) is 1.